The minimum atomic E-state index is -0.516. The highest BCUT2D eigenvalue weighted by Crippen LogP contribution is 2.33. The summed E-state index contributed by atoms with van der Waals surface area (Å²) in [4.78, 5) is 11.8. The van der Waals surface area contributed by atoms with E-state index in [4.69, 9.17) is 4.74 Å². The number of aliphatic hydroxyl groups excluding tert-OH is 2. The van der Waals surface area contributed by atoms with Crippen molar-refractivity contribution in [2.45, 2.75) is 32.5 Å². The predicted molar refractivity (Wildman–Crippen MR) is 62.2 cm³/mol. The summed E-state index contributed by atoms with van der Waals surface area (Å²) in [5, 5.41) is 18.8. The number of cyclic esters (lactones) is 1. The van der Waals surface area contributed by atoms with E-state index in [1.54, 1.807) is 13.0 Å². The van der Waals surface area contributed by atoms with Crippen molar-refractivity contribution in [3.8, 4) is 0 Å². The van der Waals surface area contributed by atoms with Crippen LogP contribution in [0.2, 0.25) is 0 Å². The minimum Gasteiger partial charge on any atom is -0.508 e. The first kappa shape index (κ1) is 11.9. The molecule has 2 aliphatic rings. The molecular formula is C13H16O4. The van der Waals surface area contributed by atoms with Gasteiger partial charge in [0.2, 0.25) is 0 Å². The number of allylic oxidation sites excluding steroid dienone is 2. The van der Waals surface area contributed by atoms with Crippen LogP contribution in [0.1, 0.15) is 20.3 Å². The lowest BCUT2D eigenvalue weighted by molar-refractivity contribution is -0.143. The number of fused-ring (bicyclic) bond motifs is 1. The van der Waals surface area contributed by atoms with Gasteiger partial charge < -0.3 is 14.9 Å². The van der Waals surface area contributed by atoms with E-state index < -0.39 is 12.1 Å². The Morgan fingerprint density at radius 2 is 2.18 bits per heavy atom. The number of aliphatic hydroxyl groups is 2. The minimum absolute atomic E-state index is 0.0145. The summed E-state index contributed by atoms with van der Waals surface area (Å²) in [5.74, 6) is -0.352. The summed E-state index contributed by atoms with van der Waals surface area (Å²) in [6, 6.07) is 0. The van der Waals surface area contributed by atoms with Crippen LogP contribution in [0.15, 0.2) is 35.1 Å². The first-order valence-corrected chi connectivity index (χ1v) is 5.71. The number of esters is 1. The number of hydrogen-bond donors (Lipinski definition) is 2. The molecule has 0 radical (unpaired) electrons. The van der Waals surface area contributed by atoms with Gasteiger partial charge in [-0.25, -0.2) is 4.79 Å². The van der Waals surface area contributed by atoms with Gasteiger partial charge in [-0.3, -0.25) is 0 Å². The molecule has 1 aliphatic carbocycles. The Hall–Kier alpha value is -1.55. The topological polar surface area (TPSA) is 66.8 Å². The molecule has 2 N–H and O–H groups in total. The monoisotopic (exact) mass is 236 g/mol. The molecule has 3 atom stereocenters. The van der Waals surface area contributed by atoms with Gasteiger partial charge in [0.25, 0.3) is 0 Å². The normalized spacial score (nSPS) is 29.6. The third kappa shape index (κ3) is 2.42. The molecule has 1 aliphatic heterocycles. The van der Waals surface area contributed by atoms with E-state index in [1.807, 2.05) is 13.0 Å². The van der Waals surface area contributed by atoms with Crippen LogP contribution >= 0.6 is 0 Å². The molecule has 0 amide bonds. The van der Waals surface area contributed by atoms with Gasteiger partial charge in [0, 0.05) is 12.3 Å². The number of carbonyl (C=O) groups excluding carboxylic acids is 1. The number of hydrogen-bond acceptors (Lipinski definition) is 4. The summed E-state index contributed by atoms with van der Waals surface area (Å²) in [6.45, 7) is 3.57. The maximum absolute atomic E-state index is 11.8. The zero-order chi connectivity index (χ0) is 12.6. The van der Waals surface area contributed by atoms with Crippen molar-refractivity contribution in [2.75, 3.05) is 0 Å². The lowest BCUT2D eigenvalue weighted by atomic mass is 9.85. The van der Waals surface area contributed by atoms with Gasteiger partial charge in [0.15, 0.2) is 0 Å². The maximum atomic E-state index is 11.8. The molecular weight excluding hydrogens is 220 g/mol. The SMILES string of the molecule is CC(O)CC1C=C2C(=CC(O)=CC2C)C(=O)O1. The van der Waals surface area contributed by atoms with Gasteiger partial charge in [0.05, 0.1) is 11.7 Å². The first-order valence-electron chi connectivity index (χ1n) is 5.71. The van der Waals surface area contributed by atoms with Gasteiger partial charge in [-0.1, -0.05) is 6.92 Å². The van der Waals surface area contributed by atoms with E-state index in [0.717, 1.165) is 5.57 Å². The Kier molecular flexibility index (Phi) is 3.07. The number of ether oxygens (including phenoxy) is 1. The molecule has 2 rings (SSSR count). The lowest BCUT2D eigenvalue weighted by Crippen LogP contribution is -2.29. The summed E-state index contributed by atoms with van der Waals surface area (Å²) in [7, 11) is 0. The van der Waals surface area contributed by atoms with E-state index in [-0.39, 0.29) is 17.8 Å². The van der Waals surface area contributed by atoms with Crippen molar-refractivity contribution in [2.24, 2.45) is 5.92 Å². The van der Waals surface area contributed by atoms with Crippen LogP contribution < -0.4 is 0 Å². The Bertz CT molecular complexity index is 429. The standard InChI is InChI=1S/C13H16O4/c1-7-3-9(15)5-12-11(7)6-10(4-8(2)14)17-13(12)16/h3,5-8,10,14-15H,4H2,1-2H3. The summed E-state index contributed by atoms with van der Waals surface area (Å²) < 4.78 is 5.18. The molecule has 4 heteroatoms. The third-order valence-corrected chi connectivity index (χ3v) is 2.93. The molecule has 0 spiro atoms. The second-order valence-electron chi connectivity index (χ2n) is 4.59. The van der Waals surface area contributed by atoms with E-state index in [9.17, 15) is 15.0 Å². The van der Waals surface area contributed by atoms with Crippen LogP contribution in [-0.2, 0) is 9.53 Å². The van der Waals surface area contributed by atoms with Crippen molar-refractivity contribution in [1.82, 2.24) is 0 Å². The lowest BCUT2D eigenvalue weighted by Gasteiger charge is -2.28. The van der Waals surface area contributed by atoms with Gasteiger partial charge in [-0.2, -0.15) is 0 Å². The average molecular weight is 236 g/mol. The number of carbonyl (C=O) groups is 1. The van der Waals surface area contributed by atoms with Crippen LogP contribution in [0.3, 0.4) is 0 Å². The average Bonchev–Trinajstić information content (AvgIpc) is 2.19. The Morgan fingerprint density at radius 1 is 1.47 bits per heavy atom. The maximum Gasteiger partial charge on any atom is 0.339 e. The van der Waals surface area contributed by atoms with E-state index in [1.165, 1.54) is 6.08 Å². The molecule has 0 fully saturated rings. The molecule has 3 unspecified atom stereocenters. The predicted octanol–water partition coefficient (Wildman–Crippen LogP) is 1.63. The fourth-order valence-corrected chi connectivity index (χ4v) is 2.18. The van der Waals surface area contributed by atoms with Crippen LogP contribution in [0.25, 0.3) is 0 Å². The van der Waals surface area contributed by atoms with Gasteiger partial charge in [-0.15, -0.1) is 0 Å². The van der Waals surface area contributed by atoms with Crippen molar-refractivity contribution in [3.05, 3.63) is 35.1 Å². The summed E-state index contributed by atoms with van der Waals surface area (Å²) in [5.41, 5.74) is 1.28. The molecule has 0 aromatic heterocycles. The molecule has 92 valence electrons. The molecule has 0 saturated heterocycles. The second kappa shape index (κ2) is 4.37. The van der Waals surface area contributed by atoms with Crippen LogP contribution in [0.5, 0.6) is 0 Å². The van der Waals surface area contributed by atoms with Gasteiger partial charge in [-0.05, 0) is 30.7 Å². The van der Waals surface area contributed by atoms with Gasteiger partial charge in [0.1, 0.15) is 11.9 Å². The van der Waals surface area contributed by atoms with Crippen LogP contribution in [0, 0.1) is 5.92 Å². The summed E-state index contributed by atoms with van der Waals surface area (Å²) in [6.07, 6.45) is 4.46. The molecule has 17 heavy (non-hydrogen) atoms. The van der Waals surface area contributed by atoms with Crippen molar-refractivity contribution < 1.29 is 19.7 Å². The van der Waals surface area contributed by atoms with Crippen LogP contribution in [0.4, 0.5) is 0 Å². The molecule has 0 bridgehead atoms. The fraction of sp³-hybridized carbons (Fsp3) is 0.462. The van der Waals surface area contributed by atoms with Crippen LogP contribution in [-0.4, -0.2) is 28.4 Å². The third-order valence-electron chi connectivity index (χ3n) is 2.93. The van der Waals surface area contributed by atoms with Crippen molar-refractivity contribution in [3.63, 3.8) is 0 Å². The van der Waals surface area contributed by atoms with E-state index in [0.29, 0.717) is 12.0 Å². The Morgan fingerprint density at radius 3 is 2.82 bits per heavy atom. The smallest absolute Gasteiger partial charge is 0.339 e. The molecule has 0 aromatic carbocycles. The Balaban J connectivity index is 2.30. The largest absolute Gasteiger partial charge is 0.508 e. The molecule has 1 heterocycles. The molecule has 0 aromatic rings. The zero-order valence-electron chi connectivity index (χ0n) is 9.88. The fourth-order valence-electron chi connectivity index (χ4n) is 2.18. The summed E-state index contributed by atoms with van der Waals surface area (Å²) >= 11 is 0. The highest BCUT2D eigenvalue weighted by Gasteiger charge is 2.31. The first-order chi connectivity index (χ1) is 7.97. The highest BCUT2D eigenvalue weighted by molar-refractivity contribution is 5.96. The number of rotatable bonds is 2. The highest BCUT2D eigenvalue weighted by atomic mass is 16.5. The van der Waals surface area contributed by atoms with Gasteiger partial charge >= 0.3 is 5.97 Å². The van der Waals surface area contributed by atoms with Crippen molar-refractivity contribution >= 4 is 5.97 Å². The van der Waals surface area contributed by atoms with E-state index in [2.05, 4.69) is 0 Å². The molecule has 0 saturated carbocycles. The Labute approximate surface area is 99.9 Å². The molecule has 4 nitrogen and oxygen atoms in total. The van der Waals surface area contributed by atoms with E-state index >= 15 is 0 Å². The zero-order valence-corrected chi connectivity index (χ0v) is 9.88. The quantitative estimate of drug-likeness (QED) is 0.715. The second-order valence-corrected chi connectivity index (χ2v) is 4.59. The van der Waals surface area contributed by atoms with Crippen molar-refractivity contribution in [1.29, 1.82) is 0 Å².